The van der Waals surface area contributed by atoms with Gasteiger partial charge in [0.2, 0.25) is 0 Å². The number of nitrogens with one attached hydrogen (secondary N) is 2. The normalized spacial score (nSPS) is 12.7. The Morgan fingerprint density at radius 2 is 2.12 bits per heavy atom. The van der Waals surface area contributed by atoms with E-state index in [4.69, 9.17) is 16.3 Å². The Morgan fingerprint density at radius 1 is 1.23 bits per heavy atom. The van der Waals surface area contributed by atoms with Crippen molar-refractivity contribution in [3.8, 4) is 11.4 Å². The van der Waals surface area contributed by atoms with Crippen molar-refractivity contribution in [1.29, 1.82) is 0 Å². The number of halogens is 1. The van der Waals surface area contributed by atoms with Gasteiger partial charge in [-0.2, -0.15) is 5.10 Å². The second-order valence-electron chi connectivity index (χ2n) is 5.63. The molecular weight excluding hydrogens is 356 g/mol. The van der Waals surface area contributed by atoms with Crippen LogP contribution < -0.4 is 15.4 Å². The third-order valence-electron chi connectivity index (χ3n) is 3.76. The van der Waals surface area contributed by atoms with Crippen molar-refractivity contribution in [1.82, 2.24) is 9.78 Å². The highest BCUT2D eigenvalue weighted by molar-refractivity contribution is 6.30. The molecule has 3 aromatic rings. The van der Waals surface area contributed by atoms with Gasteiger partial charge in [0.1, 0.15) is 5.75 Å². The largest absolute Gasteiger partial charge is 0.482 e. The topological polar surface area (TPSA) is 85.2 Å². The molecule has 0 spiro atoms. The van der Waals surface area contributed by atoms with E-state index >= 15 is 0 Å². The Kier molecular flexibility index (Phi) is 4.06. The quantitative estimate of drug-likeness (QED) is 0.743. The Balaban J connectivity index is 1.52. The van der Waals surface area contributed by atoms with Gasteiger partial charge < -0.3 is 15.4 Å². The number of fused-ring (bicyclic) bond motifs is 1. The predicted molar refractivity (Wildman–Crippen MR) is 97.1 cm³/mol. The van der Waals surface area contributed by atoms with Crippen LogP contribution in [0.25, 0.3) is 5.69 Å². The van der Waals surface area contributed by atoms with Crippen molar-refractivity contribution in [2.45, 2.75) is 0 Å². The van der Waals surface area contributed by atoms with E-state index in [1.54, 1.807) is 47.3 Å². The predicted octanol–water partition coefficient (Wildman–Crippen LogP) is 3.11. The van der Waals surface area contributed by atoms with Crippen LogP contribution in [-0.2, 0) is 4.79 Å². The molecule has 1 aromatic heterocycles. The molecule has 4 rings (SSSR count). The molecule has 2 aromatic carbocycles. The standard InChI is InChI=1S/C18H13ClN4O3/c19-11-2-1-3-13(8-11)23-7-6-14(22-23)18(25)20-12-4-5-16-15(9-12)21-17(24)10-26-16/h1-9H,10H2,(H,20,25)(H,21,24). The number of nitrogens with zero attached hydrogens (tertiary/aromatic N) is 2. The molecular formula is C18H13ClN4O3. The van der Waals surface area contributed by atoms with Gasteiger partial charge in [0, 0.05) is 16.9 Å². The lowest BCUT2D eigenvalue weighted by Crippen LogP contribution is -2.25. The molecule has 0 saturated heterocycles. The van der Waals surface area contributed by atoms with Crippen molar-refractivity contribution in [2.24, 2.45) is 0 Å². The van der Waals surface area contributed by atoms with Gasteiger partial charge in [-0.3, -0.25) is 9.59 Å². The molecule has 26 heavy (non-hydrogen) atoms. The molecule has 2 N–H and O–H groups in total. The molecule has 0 unspecified atom stereocenters. The molecule has 0 saturated carbocycles. The van der Waals surface area contributed by atoms with E-state index in [1.807, 2.05) is 12.1 Å². The molecule has 2 amide bonds. The van der Waals surface area contributed by atoms with Gasteiger partial charge in [0.15, 0.2) is 12.3 Å². The van der Waals surface area contributed by atoms with Crippen LogP contribution in [0.15, 0.2) is 54.7 Å². The lowest BCUT2D eigenvalue weighted by Gasteiger charge is -2.18. The SMILES string of the molecule is O=C1COc2ccc(NC(=O)c3ccn(-c4cccc(Cl)c4)n3)cc2N1. The van der Waals surface area contributed by atoms with E-state index in [0.29, 0.717) is 22.1 Å². The monoisotopic (exact) mass is 368 g/mol. The van der Waals surface area contributed by atoms with E-state index < -0.39 is 0 Å². The average Bonchev–Trinajstić information content (AvgIpc) is 3.12. The van der Waals surface area contributed by atoms with E-state index in [1.165, 1.54) is 0 Å². The maximum absolute atomic E-state index is 12.4. The van der Waals surface area contributed by atoms with Crippen LogP contribution in [0, 0.1) is 0 Å². The number of hydrogen-bond acceptors (Lipinski definition) is 4. The highest BCUT2D eigenvalue weighted by Gasteiger charge is 2.17. The van der Waals surface area contributed by atoms with Crippen molar-refractivity contribution >= 4 is 34.8 Å². The summed E-state index contributed by atoms with van der Waals surface area (Å²) < 4.78 is 6.86. The zero-order valence-corrected chi connectivity index (χ0v) is 14.2. The molecule has 0 fully saturated rings. The first-order valence-corrected chi connectivity index (χ1v) is 8.16. The fraction of sp³-hybridized carbons (Fsp3) is 0.0556. The number of carbonyl (C=O) groups is 2. The molecule has 130 valence electrons. The average molecular weight is 369 g/mol. The van der Waals surface area contributed by atoms with Crippen LogP contribution in [0.2, 0.25) is 5.02 Å². The van der Waals surface area contributed by atoms with Crippen LogP contribution in [0.3, 0.4) is 0 Å². The number of amides is 2. The highest BCUT2D eigenvalue weighted by Crippen LogP contribution is 2.30. The minimum absolute atomic E-state index is 0.0142. The summed E-state index contributed by atoms with van der Waals surface area (Å²) in [6.07, 6.45) is 1.68. The fourth-order valence-corrected chi connectivity index (χ4v) is 2.75. The molecule has 0 atom stereocenters. The van der Waals surface area contributed by atoms with Gasteiger partial charge in [-0.15, -0.1) is 0 Å². The molecule has 7 nitrogen and oxygen atoms in total. The van der Waals surface area contributed by atoms with Crippen LogP contribution in [-0.4, -0.2) is 28.2 Å². The zero-order chi connectivity index (χ0) is 18.1. The summed E-state index contributed by atoms with van der Waals surface area (Å²) in [6.45, 7) is -0.0142. The van der Waals surface area contributed by atoms with Gasteiger partial charge in [0.25, 0.3) is 11.8 Å². The lowest BCUT2D eigenvalue weighted by molar-refractivity contribution is -0.118. The van der Waals surface area contributed by atoms with Gasteiger partial charge in [-0.1, -0.05) is 17.7 Å². The van der Waals surface area contributed by atoms with E-state index in [2.05, 4.69) is 15.7 Å². The summed E-state index contributed by atoms with van der Waals surface area (Å²) in [5.41, 5.74) is 2.05. The minimum Gasteiger partial charge on any atom is -0.482 e. The van der Waals surface area contributed by atoms with Crippen molar-refractivity contribution in [2.75, 3.05) is 17.2 Å². The zero-order valence-electron chi connectivity index (χ0n) is 13.4. The number of ether oxygens (including phenoxy) is 1. The van der Waals surface area contributed by atoms with Crippen molar-refractivity contribution in [3.63, 3.8) is 0 Å². The van der Waals surface area contributed by atoms with Crippen molar-refractivity contribution < 1.29 is 14.3 Å². The summed E-state index contributed by atoms with van der Waals surface area (Å²) in [5.74, 6) is -0.0390. The van der Waals surface area contributed by atoms with Crippen LogP contribution in [0.5, 0.6) is 5.75 Å². The number of benzene rings is 2. The Hall–Kier alpha value is -3.32. The highest BCUT2D eigenvalue weighted by atomic mass is 35.5. The van der Waals surface area contributed by atoms with Crippen LogP contribution in [0.4, 0.5) is 11.4 Å². The van der Waals surface area contributed by atoms with Gasteiger partial charge in [-0.05, 0) is 42.5 Å². The maximum atomic E-state index is 12.4. The first kappa shape index (κ1) is 16.2. The summed E-state index contributed by atoms with van der Waals surface area (Å²) in [7, 11) is 0. The minimum atomic E-state index is -0.367. The molecule has 2 heterocycles. The number of anilines is 2. The van der Waals surface area contributed by atoms with E-state index in [9.17, 15) is 9.59 Å². The van der Waals surface area contributed by atoms with Gasteiger partial charge in [-0.25, -0.2) is 4.68 Å². The van der Waals surface area contributed by atoms with Crippen LogP contribution >= 0.6 is 11.6 Å². The van der Waals surface area contributed by atoms with E-state index in [0.717, 1.165) is 5.69 Å². The van der Waals surface area contributed by atoms with Gasteiger partial charge >= 0.3 is 0 Å². The van der Waals surface area contributed by atoms with E-state index in [-0.39, 0.29) is 24.1 Å². The van der Waals surface area contributed by atoms with Crippen LogP contribution in [0.1, 0.15) is 10.5 Å². The molecule has 0 aliphatic carbocycles. The number of aromatic nitrogens is 2. The molecule has 8 heteroatoms. The number of carbonyl (C=O) groups excluding carboxylic acids is 2. The van der Waals surface area contributed by atoms with Gasteiger partial charge in [0.05, 0.1) is 11.4 Å². The third-order valence-corrected chi connectivity index (χ3v) is 4.00. The summed E-state index contributed by atoms with van der Waals surface area (Å²) >= 11 is 5.98. The fourth-order valence-electron chi connectivity index (χ4n) is 2.56. The second kappa shape index (κ2) is 6.53. The Labute approximate surface area is 153 Å². The molecule has 0 bridgehead atoms. The smallest absolute Gasteiger partial charge is 0.276 e. The third kappa shape index (κ3) is 3.25. The summed E-state index contributed by atoms with van der Waals surface area (Å²) in [4.78, 5) is 23.8. The number of hydrogen-bond donors (Lipinski definition) is 2. The molecule has 1 aliphatic heterocycles. The second-order valence-corrected chi connectivity index (χ2v) is 6.06. The molecule has 0 radical (unpaired) electrons. The van der Waals surface area contributed by atoms with Crippen molar-refractivity contribution in [3.05, 3.63) is 65.4 Å². The first-order chi connectivity index (χ1) is 12.6. The number of rotatable bonds is 3. The molecule has 1 aliphatic rings. The maximum Gasteiger partial charge on any atom is 0.276 e. The summed E-state index contributed by atoms with van der Waals surface area (Å²) in [6, 6.07) is 13.8. The Morgan fingerprint density at radius 3 is 2.96 bits per heavy atom. The lowest BCUT2D eigenvalue weighted by atomic mass is 10.2. The Bertz CT molecular complexity index is 1020. The first-order valence-electron chi connectivity index (χ1n) is 7.78. The summed E-state index contributed by atoms with van der Waals surface area (Å²) in [5, 5.41) is 10.3.